The second-order valence-electron chi connectivity index (χ2n) is 8.34. The van der Waals surface area contributed by atoms with Crippen LogP contribution in [0.25, 0.3) is 0 Å². The van der Waals surface area contributed by atoms with Gasteiger partial charge in [-0.25, -0.2) is 4.98 Å². The molecule has 3 N–H and O–H groups in total. The molecule has 0 fully saturated rings. The van der Waals surface area contributed by atoms with Crippen LogP contribution in [0.1, 0.15) is 18.1 Å². The molecule has 9 heteroatoms. The average molecular weight is 497 g/mol. The Morgan fingerprint density at radius 1 is 0.833 bits per heavy atom. The molecular formula is C27H36N4O5. The summed E-state index contributed by atoms with van der Waals surface area (Å²) in [5.41, 5.74) is 9.55. The molecule has 0 aliphatic heterocycles. The number of nitrogens with two attached hydrogens (primary N) is 1. The number of ether oxygens (including phenoxy) is 5. The number of nitrogen functional groups attached to an aromatic ring is 1. The van der Waals surface area contributed by atoms with Gasteiger partial charge >= 0.3 is 0 Å². The zero-order chi connectivity index (χ0) is 26.1. The average Bonchev–Trinajstić information content (AvgIpc) is 2.90. The summed E-state index contributed by atoms with van der Waals surface area (Å²) in [6, 6.07) is 13.6. The predicted molar refractivity (Wildman–Crippen MR) is 143 cm³/mol. The number of pyridine rings is 1. The lowest BCUT2D eigenvalue weighted by molar-refractivity contribution is 0.190. The second kappa shape index (κ2) is 12.7. The van der Waals surface area contributed by atoms with Crippen molar-refractivity contribution in [3.05, 3.63) is 59.8 Å². The van der Waals surface area contributed by atoms with Crippen LogP contribution in [0, 0.1) is 0 Å². The second-order valence-corrected chi connectivity index (χ2v) is 8.34. The molecule has 36 heavy (non-hydrogen) atoms. The maximum atomic E-state index is 6.24. The normalized spacial score (nSPS) is 11.5. The molecule has 3 aromatic rings. The first kappa shape index (κ1) is 26.7. The molecule has 2 aromatic carbocycles. The van der Waals surface area contributed by atoms with Gasteiger partial charge in [0.2, 0.25) is 0 Å². The van der Waals surface area contributed by atoms with Gasteiger partial charge < -0.3 is 39.6 Å². The zero-order valence-corrected chi connectivity index (χ0v) is 21.8. The summed E-state index contributed by atoms with van der Waals surface area (Å²) in [7, 11) is 8.24. The number of aromatic nitrogens is 1. The predicted octanol–water partition coefficient (Wildman–Crippen LogP) is 4.35. The number of methoxy groups -OCH3 is 5. The molecule has 0 amide bonds. The highest BCUT2D eigenvalue weighted by Crippen LogP contribution is 2.32. The Labute approximate surface area is 213 Å². The fraction of sp³-hybridized carbons (Fsp3) is 0.370. The molecule has 0 spiro atoms. The van der Waals surface area contributed by atoms with Crippen LogP contribution in [0.4, 0.5) is 17.2 Å². The fourth-order valence-corrected chi connectivity index (χ4v) is 3.90. The highest BCUT2D eigenvalue weighted by atomic mass is 16.5. The van der Waals surface area contributed by atoms with Gasteiger partial charge in [0, 0.05) is 55.6 Å². The van der Waals surface area contributed by atoms with Gasteiger partial charge in [0.25, 0.3) is 0 Å². The molecule has 0 saturated carbocycles. The van der Waals surface area contributed by atoms with E-state index in [4.69, 9.17) is 29.4 Å². The summed E-state index contributed by atoms with van der Waals surface area (Å²) in [6.45, 7) is 3.62. The molecule has 9 nitrogen and oxygen atoms in total. The first-order valence-electron chi connectivity index (χ1n) is 11.6. The molecule has 0 radical (unpaired) electrons. The number of nitrogens with zero attached hydrogens (tertiary/aromatic N) is 2. The molecule has 1 atom stereocenters. The van der Waals surface area contributed by atoms with Crippen LogP contribution in [0.5, 0.6) is 23.0 Å². The van der Waals surface area contributed by atoms with Crippen molar-refractivity contribution in [1.29, 1.82) is 0 Å². The van der Waals surface area contributed by atoms with E-state index in [-0.39, 0.29) is 6.04 Å². The lowest BCUT2D eigenvalue weighted by Crippen LogP contribution is -2.25. The van der Waals surface area contributed by atoms with E-state index in [9.17, 15) is 0 Å². The van der Waals surface area contributed by atoms with Crippen LogP contribution in [0.15, 0.2) is 48.7 Å². The molecule has 0 aliphatic rings. The molecule has 0 bridgehead atoms. The largest absolute Gasteiger partial charge is 0.497 e. The van der Waals surface area contributed by atoms with Crippen molar-refractivity contribution < 1.29 is 23.7 Å². The van der Waals surface area contributed by atoms with Gasteiger partial charge in [-0.15, -0.1) is 0 Å². The van der Waals surface area contributed by atoms with Crippen LogP contribution in [0.2, 0.25) is 0 Å². The van der Waals surface area contributed by atoms with Crippen molar-refractivity contribution in [2.45, 2.75) is 26.1 Å². The van der Waals surface area contributed by atoms with Gasteiger partial charge in [-0.05, 0) is 31.2 Å². The number of hydrogen-bond acceptors (Lipinski definition) is 9. The van der Waals surface area contributed by atoms with E-state index in [1.807, 2.05) is 49.4 Å². The number of nitrogens with one attached hydrogen (secondary N) is 1. The Morgan fingerprint density at radius 3 is 1.86 bits per heavy atom. The Hall–Kier alpha value is -3.85. The summed E-state index contributed by atoms with van der Waals surface area (Å²) in [5, 5.41) is 3.41. The third-order valence-electron chi connectivity index (χ3n) is 5.77. The van der Waals surface area contributed by atoms with E-state index in [1.165, 1.54) is 0 Å². The van der Waals surface area contributed by atoms with E-state index in [0.717, 1.165) is 45.6 Å². The van der Waals surface area contributed by atoms with Crippen LogP contribution in [-0.4, -0.2) is 53.2 Å². The minimum absolute atomic E-state index is 0.0735. The first-order chi connectivity index (χ1) is 17.4. The molecule has 0 unspecified atom stereocenters. The zero-order valence-electron chi connectivity index (χ0n) is 21.8. The lowest BCUT2D eigenvalue weighted by Gasteiger charge is -2.27. The van der Waals surface area contributed by atoms with Gasteiger partial charge in [-0.2, -0.15) is 0 Å². The quantitative estimate of drug-likeness (QED) is 0.358. The lowest BCUT2D eigenvalue weighted by atomic mass is 10.1. The smallest absolute Gasteiger partial charge is 0.131 e. The van der Waals surface area contributed by atoms with Crippen LogP contribution < -0.4 is 34.9 Å². The number of hydrogen-bond donors (Lipinski definition) is 2. The van der Waals surface area contributed by atoms with Gasteiger partial charge in [0.1, 0.15) is 28.8 Å². The van der Waals surface area contributed by atoms with Crippen molar-refractivity contribution in [1.82, 2.24) is 4.98 Å². The number of anilines is 3. The Morgan fingerprint density at radius 2 is 1.39 bits per heavy atom. The summed E-state index contributed by atoms with van der Waals surface area (Å²) < 4.78 is 27.3. The summed E-state index contributed by atoms with van der Waals surface area (Å²) in [4.78, 5) is 6.80. The minimum atomic E-state index is 0.0735. The van der Waals surface area contributed by atoms with Gasteiger partial charge in [0.05, 0.1) is 52.6 Å². The Bertz CT molecular complexity index is 1080. The van der Waals surface area contributed by atoms with Crippen LogP contribution >= 0.6 is 0 Å². The van der Waals surface area contributed by atoms with Crippen molar-refractivity contribution in [2.75, 3.05) is 58.1 Å². The number of benzene rings is 2. The van der Waals surface area contributed by atoms with E-state index in [1.54, 1.807) is 41.7 Å². The third kappa shape index (κ3) is 6.63. The summed E-state index contributed by atoms with van der Waals surface area (Å²) >= 11 is 0. The fourth-order valence-electron chi connectivity index (χ4n) is 3.90. The van der Waals surface area contributed by atoms with Gasteiger partial charge in [-0.1, -0.05) is 0 Å². The van der Waals surface area contributed by atoms with Gasteiger partial charge in [0.15, 0.2) is 0 Å². The third-order valence-corrected chi connectivity index (χ3v) is 5.77. The number of rotatable bonds is 13. The molecule has 1 heterocycles. The van der Waals surface area contributed by atoms with Crippen LogP contribution in [0.3, 0.4) is 0 Å². The molecule has 0 saturated heterocycles. The van der Waals surface area contributed by atoms with Crippen molar-refractivity contribution in [3.63, 3.8) is 0 Å². The molecule has 0 aliphatic carbocycles. The Kier molecular flexibility index (Phi) is 9.46. The maximum absolute atomic E-state index is 6.24. The van der Waals surface area contributed by atoms with E-state index in [2.05, 4.69) is 15.2 Å². The SMILES string of the molecule is COC[C@H](C)Nc1cc(N(Cc2ccc(OC)cc2OC)Cc2ccc(OC)cc2OC)ncc1N. The molecule has 3 rings (SSSR count). The highest BCUT2D eigenvalue weighted by Gasteiger charge is 2.18. The van der Waals surface area contributed by atoms with Crippen LogP contribution in [-0.2, 0) is 17.8 Å². The topological polar surface area (TPSA) is 100 Å². The monoisotopic (exact) mass is 496 g/mol. The highest BCUT2D eigenvalue weighted by molar-refractivity contribution is 5.69. The van der Waals surface area contributed by atoms with Crippen molar-refractivity contribution in [3.8, 4) is 23.0 Å². The van der Waals surface area contributed by atoms with Gasteiger partial charge in [-0.3, -0.25) is 0 Å². The van der Waals surface area contributed by atoms with E-state index in [0.29, 0.717) is 25.4 Å². The molecular weight excluding hydrogens is 460 g/mol. The van der Waals surface area contributed by atoms with E-state index < -0.39 is 0 Å². The van der Waals surface area contributed by atoms with Crippen molar-refractivity contribution in [2.24, 2.45) is 0 Å². The maximum Gasteiger partial charge on any atom is 0.131 e. The molecule has 1 aromatic heterocycles. The first-order valence-corrected chi connectivity index (χ1v) is 11.6. The standard InChI is InChI=1S/C27H36N4O5/c1-18(17-32-2)30-24-13-27(29-14-23(24)28)31(15-19-7-9-21(33-3)11-25(19)35-5)16-20-8-10-22(34-4)12-26(20)36-6/h7-14,18H,15-17,28H2,1-6H3,(H,29,30)/t18-/m0/s1. The van der Waals surface area contributed by atoms with Crippen molar-refractivity contribution >= 4 is 17.2 Å². The summed E-state index contributed by atoms with van der Waals surface area (Å²) in [5.74, 6) is 3.64. The minimum Gasteiger partial charge on any atom is -0.497 e. The van der Waals surface area contributed by atoms with E-state index >= 15 is 0 Å². The Balaban J connectivity index is 2.02. The summed E-state index contributed by atoms with van der Waals surface area (Å²) in [6.07, 6.45) is 1.67. The molecule has 194 valence electrons.